The van der Waals surface area contributed by atoms with E-state index in [1.165, 1.54) is 10.6 Å². The third kappa shape index (κ3) is 2.16. The van der Waals surface area contributed by atoms with Crippen LogP contribution in [0.2, 0.25) is 0 Å². The summed E-state index contributed by atoms with van der Waals surface area (Å²) in [6.07, 6.45) is 1.60. The number of pyridine rings is 1. The Hall–Kier alpha value is -2.41. The van der Waals surface area contributed by atoms with Crippen LogP contribution in [-0.4, -0.2) is 4.57 Å². The summed E-state index contributed by atoms with van der Waals surface area (Å²) in [5.41, 5.74) is 0.781. The molecule has 0 bridgehead atoms. The van der Waals surface area contributed by atoms with Gasteiger partial charge in [-0.05, 0) is 19.1 Å². The van der Waals surface area contributed by atoms with Crippen molar-refractivity contribution in [3.8, 4) is 6.07 Å². The van der Waals surface area contributed by atoms with E-state index in [1.54, 1.807) is 43.5 Å². The van der Waals surface area contributed by atoms with Crippen LogP contribution in [-0.2, 0) is 6.54 Å². The number of nitrogens with zero attached hydrogens (tertiary/aromatic N) is 2. The average Bonchev–Trinajstić information content (AvgIpc) is 2.37. The number of aromatic nitrogens is 1. The van der Waals surface area contributed by atoms with E-state index in [-0.39, 0.29) is 17.7 Å². The highest BCUT2D eigenvalue weighted by molar-refractivity contribution is 5.35. The number of rotatable bonds is 2. The van der Waals surface area contributed by atoms with Crippen LogP contribution >= 0.6 is 0 Å². The highest BCUT2D eigenvalue weighted by atomic mass is 19.1. The van der Waals surface area contributed by atoms with E-state index in [4.69, 9.17) is 5.26 Å². The fraction of sp³-hybridized carbons (Fsp3) is 0.143. The first-order valence-electron chi connectivity index (χ1n) is 5.47. The Morgan fingerprint density at radius 1 is 1.33 bits per heavy atom. The van der Waals surface area contributed by atoms with Gasteiger partial charge in [-0.15, -0.1) is 0 Å². The van der Waals surface area contributed by atoms with E-state index in [9.17, 15) is 9.18 Å². The zero-order valence-corrected chi connectivity index (χ0v) is 9.85. The summed E-state index contributed by atoms with van der Waals surface area (Å²) in [4.78, 5) is 11.8. The van der Waals surface area contributed by atoms with Gasteiger partial charge in [-0.3, -0.25) is 4.79 Å². The number of benzene rings is 1. The van der Waals surface area contributed by atoms with Crippen LogP contribution in [0.25, 0.3) is 0 Å². The lowest BCUT2D eigenvalue weighted by Gasteiger charge is -2.08. The summed E-state index contributed by atoms with van der Waals surface area (Å²) in [7, 11) is 0. The Labute approximate surface area is 104 Å². The maximum atomic E-state index is 13.9. The van der Waals surface area contributed by atoms with E-state index in [0.29, 0.717) is 11.1 Å². The molecule has 0 aliphatic rings. The molecular formula is C14H11FN2O. The summed E-state index contributed by atoms with van der Waals surface area (Å²) in [5, 5.41) is 8.75. The molecule has 1 aromatic carbocycles. The number of aryl methyl sites for hydroxylation is 1. The lowest BCUT2D eigenvalue weighted by molar-refractivity contribution is 0.592. The lowest BCUT2D eigenvalue weighted by Crippen LogP contribution is -2.22. The van der Waals surface area contributed by atoms with Crippen molar-refractivity contribution in [3.63, 3.8) is 0 Å². The largest absolute Gasteiger partial charge is 0.311 e. The molecule has 4 heteroatoms. The van der Waals surface area contributed by atoms with E-state index in [1.807, 2.05) is 0 Å². The van der Waals surface area contributed by atoms with Crippen LogP contribution in [0.1, 0.15) is 16.7 Å². The van der Waals surface area contributed by atoms with Crippen molar-refractivity contribution in [3.05, 3.63) is 69.4 Å². The molecule has 1 aromatic heterocycles. The van der Waals surface area contributed by atoms with Crippen molar-refractivity contribution in [1.29, 1.82) is 5.26 Å². The monoisotopic (exact) mass is 242 g/mol. The second-order valence-corrected chi connectivity index (χ2v) is 4.01. The maximum Gasteiger partial charge on any atom is 0.253 e. The Balaban J connectivity index is 2.44. The second kappa shape index (κ2) is 4.84. The van der Waals surface area contributed by atoms with Crippen molar-refractivity contribution in [2.45, 2.75) is 13.5 Å². The molecule has 0 saturated heterocycles. The van der Waals surface area contributed by atoms with Gasteiger partial charge in [0.25, 0.3) is 5.56 Å². The fourth-order valence-corrected chi connectivity index (χ4v) is 1.75. The highest BCUT2D eigenvalue weighted by Gasteiger charge is 2.08. The molecule has 0 spiro atoms. The van der Waals surface area contributed by atoms with Crippen molar-refractivity contribution in [2.75, 3.05) is 0 Å². The molecule has 90 valence electrons. The minimum atomic E-state index is -0.562. The number of halogens is 1. The molecule has 0 saturated carbocycles. The quantitative estimate of drug-likeness (QED) is 0.810. The standard InChI is InChI=1S/C14H11FN2O/c1-10-4-3-7-17(14(10)18)9-12-6-2-5-11(8-16)13(12)15/h2-7H,9H2,1H3. The summed E-state index contributed by atoms with van der Waals surface area (Å²) >= 11 is 0. The molecule has 0 radical (unpaired) electrons. The van der Waals surface area contributed by atoms with Crippen molar-refractivity contribution in [2.24, 2.45) is 0 Å². The predicted octanol–water partition coefficient (Wildman–Crippen LogP) is 2.22. The van der Waals surface area contributed by atoms with Gasteiger partial charge >= 0.3 is 0 Å². The van der Waals surface area contributed by atoms with Crippen LogP contribution in [0.5, 0.6) is 0 Å². The molecule has 0 unspecified atom stereocenters. The topological polar surface area (TPSA) is 45.8 Å². The molecule has 0 amide bonds. The Morgan fingerprint density at radius 2 is 2.11 bits per heavy atom. The van der Waals surface area contributed by atoms with Crippen LogP contribution in [0.4, 0.5) is 4.39 Å². The summed E-state index contributed by atoms with van der Waals surface area (Å²) < 4.78 is 15.3. The van der Waals surface area contributed by atoms with E-state index in [2.05, 4.69) is 0 Å². The van der Waals surface area contributed by atoms with Gasteiger partial charge < -0.3 is 4.57 Å². The van der Waals surface area contributed by atoms with E-state index >= 15 is 0 Å². The molecule has 18 heavy (non-hydrogen) atoms. The minimum Gasteiger partial charge on any atom is -0.311 e. The number of hydrogen-bond donors (Lipinski definition) is 0. The molecule has 2 rings (SSSR count). The summed E-state index contributed by atoms with van der Waals surface area (Å²) in [6.45, 7) is 1.84. The van der Waals surface area contributed by atoms with Gasteiger partial charge in [-0.2, -0.15) is 5.26 Å². The molecule has 1 heterocycles. The fourth-order valence-electron chi connectivity index (χ4n) is 1.75. The van der Waals surface area contributed by atoms with Gasteiger partial charge in [0.2, 0.25) is 0 Å². The van der Waals surface area contributed by atoms with Crippen molar-refractivity contribution in [1.82, 2.24) is 4.57 Å². The molecule has 0 atom stereocenters. The molecule has 0 fully saturated rings. The van der Waals surface area contributed by atoms with Gasteiger partial charge in [0, 0.05) is 17.3 Å². The van der Waals surface area contributed by atoms with Gasteiger partial charge in [0.05, 0.1) is 12.1 Å². The first-order valence-corrected chi connectivity index (χ1v) is 5.47. The van der Waals surface area contributed by atoms with Crippen LogP contribution < -0.4 is 5.56 Å². The Morgan fingerprint density at radius 3 is 2.83 bits per heavy atom. The first-order chi connectivity index (χ1) is 8.63. The van der Waals surface area contributed by atoms with Gasteiger partial charge in [0.15, 0.2) is 0 Å². The Bertz CT molecular complexity index is 683. The van der Waals surface area contributed by atoms with Crippen LogP contribution in [0.3, 0.4) is 0 Å². The predicted molar refractivity (Wildman–Crippen MR) is 65.7 cm³/mol. The number of hydrogen-bond acceptors (Lipinski definition) is 2. The SMILES string of the molecule is Cc1cccn(Cc2cccc(C#N)c2F)c1=O. The maximum absolute atomic E-state index is 13.9. The third-order valence-corrected chi connectivity index (χ3v) is 2.75. The second-order valence-electron chi connectivity index (χ2n) is 4.01. The van der Waals surface area contributed by atoms with Crippen LogP contribution in [0.15, 0.2) is 41.3 Å². The van der Waals surface area contributed by atoms with Gasteiger partial charge in [-0.25, -0.2) is 4.39 Å². The number of nitriles is 1. The first kappa shape index (κ1) is 12.1. The zero-order valence-electron chi connectivity index (χ0n) is 9.85. The highest BCUT2D eigenvalue weighted by Crippen LogP contribution is 2.12. The Kier molecular flexibility index (Phi) is 3.24. The minimum absolute atomic E-state index is 0.00629. The summed E-state index contributed by atoms with van der Waals surface area (Å²) in [5.74, 6) is -0.562. The molecule has 0 N–H and O–H groups in total. The molecule has 0 aliphatic heterocycles. The van der Waals surface area contributed by atoms with E-state index < -0.39 is 5.82 Å². The van der Waals surface area contributed by atoms with E-state index in [0.717, 1.165) is 0 Å². The van der Waals surface area contributed by atoms with Gasteiger partial charge in [-0.1, -0.05) is 18.2 Å². The normalized spacial score (nSPS) is 10.1. The summed E-state index contributed by atoms with van der Waals surface area (Å²) in [6, 6.07) is 9.83. The average molecular weight is 242 g/mol. The molecular weight excluding hydrogens is 231 g/mol. The van der Waals surface area contributed by atoms with Crippen molar-refractivity contribution >= 4 is 0 Å². The molecule has 3 nitrogen and oxygen atoms in total. The molecule has 2 aromatic rings. The smallest absolute Gasteiger partial charge is 0.253 e. The van der Waals surface area contributed by atoms with Crippen LogP contribution in [0, 0.1) is 24.1 Å². The molecule has 0 aliphatic carbocycles. The van der Waals surface area contributed by atoms with Crippen molar-refractivity contribution < 1.29 is 4.39 Å². The third-order valence-electron chi connectivity index (χ3n) is 2.75. The lowest BCUT2D eigenvalue weighted by atomic mass is 10.1. The van der Waals surface area contributed by atoms with Gasteiger partial charge in [0.1, 0.15) is 11.9 Å². The zero-order chi connectivity index (χ0) is 13.1.